The van der Waals surface area contributed by atoms with E-state index in [-0.39, 0.29) is 12.2 Å². The molecular weight excluding hydrogens is 364 g/mol. The Morgan fingerprint density at radius 1 is 0.862 bits per heavy atom. The normalized spacial score (nSPS) is 13.3. The lowest BCUT2D eigenvalue weighted by Crippen LogP contribution is -2.17. The van der Waals surface area contributed by atoms with Crippen molar-refractivity contribution in [2.24, 2.45) is 0 Å². The number of benzene rings is 1. The summed E-state index contributed by atoms with van der Waals surface area (Å²) in [5.74, 6) is -0.693. The number of carboxylic acids is 1. The van der Waals surface area contributed by atoms with Crippen LogP contribution in [0, 0.1) is 0 Å². The van der Waals surface area contributed by atoms with Gasteiger partial charge in [-0.3, -0.25) is 4.79 Å². The van der Waals surface area contributed by atoms with Crippen LogP contribution < -0.4 is 0 Å². The Hall–Kier alpha value is -1.39. The first-order chi connectivity index (χ1) is 14.1. The number of aliphatic carboxylic acids is 1. The quantitative estimate of drug-likeness (QED) is 0.257. The van der Waals surface area contributed by atoms with Crippen LogP contribution >= 0.6 is 0 Å². The molecule has 1 rings (SSSR count). The Morgan fingerprint density at radius 2 is 1.52 bits per heavy atom. The van der Waals surface area contributed by atoms with E-state index in [1.54, 1.807) is 0 Å². The van der Waals surface area contributed by atoms with Gasteiger partial charge >= 0.3 is 5.97 Å². The van der Waals surface area contributed by atoms with Crippen LogP contribution in [0.5, 0.6) is 0 Å². The summed E-state index contributed by atoms with van der Waals surface area (Å²) in [6, 6.07) is 10.3. The zero-order valence-electron chi connectivity index (χ0n) is 18.4. The SMILES string of the molecule is CCCCC(CCC(O)CCCCCCCCCC(=O)O)OCc1ccccc1. The van der Waals surface area contributed by atoms with E-state index in [4.69, 9.17) is 9.84 Å². The van der Waals surface area contributed by atoms with E-state index in [1.807, 2.05) is 18.2 Å². The van der Waals surface area contributed by atoms with Gasteiger partial charge in [0.05, 0.1) is 18.8 Å². The van der Waals surface area contributed by atoms with Gasteiger partial charge in [-0.05, 0) is 37.7 Å². The highest BCUT2D eigenvalue weighted by Crippen LogP contribution is 2.18. The van der Waals surface area contributed by atoms with Crippen LogP contribution in [0.1, 0.15) is 102 Å². The first-order valence-electron chi connectivity index (χ1n) is 11.7. The number of carboxylic acid groups (broad SMARTS) is 1. The molecule has 0 amide bonds. The van der Waals surface area contributed by atoms with Crippen LogP contribution in [-0.4, -0.2) is 28.4 Å². The van der Waals surface area contributed by atoms with E-state index in [0.717, 1.165) is 57.8 Å². The molecule has 0 radical (unpaired) electrons. The van der Waals surface area contributed by atoms with Gasteiger partial charge in [0.15, 0.2) is 0 Å². The summed E-state index contributed by atoms with van der Waals surface area (Å²) >= 11 is 0. The molecule has 2 atom stereocenters. The highest BCUT2D eigenvalue weighted by atomic mass is 16.5. The fourth-order valence-electron chi connectivity index (χ4n) is 3.59. The number of aliphatic hydroxyl groups excluding tert-OH is 1. The lowest BCUT2D eigenvalue weighted by molar-refractivity contribution is -0.137. The Bertz CT molecular complexity index is 503. The topological polar surface area (TPSA) is 66.8 Å². The summed E-state index contributed by atoms with van der Waals surface area (Å²) in [5.41, 5.74) is 1.21. The molecule has 29 heavy (non-hydrogen) atoms. The van der Waals surface area contributed by atoms with Crippen molar-refractivity contribution in [3.63, 3.8) is 0 Å². The summed E-state index contributed by atoms with van der Waals surface area (Å²) in [7, 11) is 0. The van der Waals surface area contributed by atoms with Crippen LogP contribution in [-0.2, 0) is 16.1 Å². The van der Waals surface area contributed by atoms with Crippen LogP contribution in [0.2, 0.25) is 0 Å². The molecule has 4 nitrogen and oxygen atoms in total. The number of unbranched alkanes of at least 4 members (excludes halogenated alkanes) is 7. The molecule has 0 aliphatic heterocycles. The van der Waals surface area contributed by atoms with Crippen molar-refractivity contribution >= 4 is 5.97 Å². The van der Waals surface area contributed by atoms with Crippen molar-refractivity contribution in [3.05, 3.63) is 35.9 Å². The molecule has 0 bridgehead atoms. The second-order valence-corrected chi connectivity index (χ2v) is 8.20. The fourth-order valence-corrected chi connectivity index (χ4v) is 3.59. The van der Waals surface area contributed by atoms with Crippen molar-refractivity contribution in [2.75, 3.05) is 0 Å². The van der Waals surface area contributed by atoms with Gasteiger partial charge in [-0.2, -0.15) is 0 Å². The number of rotatable bonds is 19. The minimum Gasteiger partial charge on any atom is -0.481 e. The molecule has 0 aromatic heterocycles. The van der Waals surface area contributed by atoms with E-state index < -0.39 is 5.97 Å². The van der Waals surface area contributed by atoms with Gasteiger partial charge in [-0.25, -0.2) is 0 Å². The fraction of sp³-hybridized carbons (Fsp3) is 0.720. The van der Waals surface area contributed by atoms with Gasteiger partial charge in [0.2, 0.25) is 0 Å². The predicted molar refractivity (Wildman–Crippen MR) is 119 cm³/mol. The number of carbonyl (C=O) groups is 1. The molecule has 2 unspecified atom stereocenters. The lowest BCUT2D eigenvalue weighted by atomic mass is 10.0. The van der Waals surface area contributed by atoms with Gasteiger partial charge in [-0.15, -0.1) is 0 Å². The van der Waals surface area contributed by atoms with Crippen LogP contribution in [0.4, 0.5) is 0 Å². The molecule has 0 aliphatic rings. The molecule has 0 spiro atoms. The van der Waals surface area contributed by atoms with Crippen LogP contribution in [0.25, 0.3) is 0 Å². The van der Waals surface area contributed by atoms with Gasteiger partial charge in [0.25, 0.3) is 0 Å². The van der Waals surface area contributed by atoms with E-state index >= 15 is 0 Å². The average Bonchev–Trinajstić information content (AvgIpc) is 2.72. The Morgan fingerprint density at radius 3 is 2.17 bits per heavy atom. The number of hydrogen-bond donors (Lipinski definition) is 2. The third-order valence-corrected chi connectivity index (χ3v) is 5.46. The third kappa shape index (κ3) is 15.2. The standard InChI is InChI=1S/C25H42O4/c1-2-3-17-24(29-21-22-14-10-9-11-15-22)20-19-23(26)16-12-7-5-4-6-8-13-18-25(27)28/h9-11,14-15,23-24,26H,2-8,12-13,16-21H2,1H3,(H,27,28). The summed E-state index contributed by atoms with van der Waals surface area (Å²) in [6.07, 6.45) is 13.8. The molecule has 0 aliphatic carbocycles. The first-order valence-corrected chi connectivity index (χ1v) is 11.7. The summed E-state index contributed by atoms with van der Waals surface area (Å²) in [4.78, 5) is 10.5. The van der Waals surface area contributed by atoms with Crippen molar-refractivity contribution in [2.45, 2.75) is 116 Å². The third-order valence-electron chi connectivity index (χ3n) is 5.46. The first kappa shape index (κ1) is 25.6. The molecule has 1 aromatic rings. The van der Waals surface area contributed by atoms with Gasteiger partial charge < -0.3 is 14.9 Å². The van der Waals surface area contributed by atoms with E-state index in [0.29, 0.717) is 13.0 Å². The minimum absolute atomic E-state index is 0.227. The Kier molecular flexibility index (Phi) is 15.4. The maximum Gasteiger partial charge on any atom is 0.303 e. The molecule has 0 saturated carbocycles. The molecule has 0 fully saturated rings. The van der Waals surface area contributed by atoms with Crippen molar-refractivity contribution in [3.8, 4) is 0 Å². The Balaban J connectivity index is 2.09. The highest BCUT2D eigenvalue weighted by Gasteiger charge is 2.12. The number of aliphatic hydroxyl groups is 1. The molecule has 166 valence electrons. The summed E-state index contributed by atoms with van der Waals surface area (Å²) in [6.45, 7) is 2.85. The van der Waals surface area contributed by atoms with Crippen molar-refractivity contribution < 1.29 is 19.7 Å². The van der Waals surface area contributed by atoms with Crippen LogP contribution in [0.15, 0.2) is 30.3 Å². The van der Waals surface area contributed by atoms with Gasteiger partial charge in [0, 0.05) is 6.42 Å². The Labute approximate surface area is 177 Å². The molecular formula is C25H42O4. The molecule has 0 heterocycles. The zero-order chi connectivity index (χ0) is 21.2. The van der Waals surface area contributed by atoms with Gasteiger partial charge in [-0.1, -0.05) is 88.6 Å². The highest BCUT2D eigenvalue weighted by molar-refractivity contribution is 5.66. The van der Waals surface area contributed by atoms with E-state index in [1.165, 1.54) is 31.2 Å². The van der Waals surface area contributed by atoms with Crippen molar-refractivity contribution in [1.29, 1.82) is 0 Å². The minimum atomic E-state index is -0.693. The average molecular weight is 407 g/mol. The molecule has 0 saturated heterocycles. The maximum absolute atomic E-state index is 10.5. The van der Waals surface area contributed by atoms with Crippen LogP contribution in [0.3, 0.4) is 0 Å². The summed E-state index contributed by atoms with van der Waals surface area (Å²) in [5, 5.41) is 18.9. The predicted octanol–water partition coefficient (Wildman–Crippen LogP) is 6.50. The number of ether oxygens (including phenoxy) is 1. The maximum atomic E-state index is 10.5. The zero-order valence-corrected chi connectivity index (χ0v) is 18.4. The monoisotopic (exact) mass is 406 g/mol. The second kappa shape index (κ2) is 17.5. The summed E-state index contributed by atoms with van der Waals surface area (Å²) < 4.78 is 6.14. The molecule has 4 heteroatoms. The largest absolute Gasteiger partial charge is 0.481 e. The van der Waals surface area contributed by atoms with Gasteiger partial charge in [0.1, 0.15) is 0 Å². The lowest BCUT2D eigenvalue weighted by Gasteiger charge is -2.20. The van der Waals surface area contributed by atoms with E-state index in [9.17, 15) is 9.90 Å². The van der Waals surface area contributed by atoms with E-state index in [2.05, 4.69) is 19.1 Å². The second-order valence-electron chi connectivity index (χ2n) is 8.20. The van der Waals surface area contributed by atoms with Crippen molar-refractivity contribution in [1.82, 2.24) is 0 Å². The molecule has 2 N–H and O–H groups in total. The number of hydrogen-bond acceptors (Lipinski definition) is 3. The smallest absolute Gasteiger partial charge is 0.303 e. The molecule has 1 aromatic carbocycles.